The van der Waals surface area contributed by atoms with Crippen LogP contribution in [0.5, 0.6) is 11.5 Å². The molecule has 1 heterocycles. The SMILES string of the molecule is COc1ccc(C(=O)NC(=Cc2cccnc2)C(=O)NN)cc1OC. The number of nitrogens with two attached hydrogens (primary N) is 1. The zero-order chi connectivity index (χ0) is 18.2. The van der Waals surface area contributed by atoms with Gasteiger partial charge in [0.15, 0.2) is 11.5 Å². The van der Waals surface area contributed by atoms with E-state index in [4.69, 9.17) is 15.3 Å². The highest BCUT2D eigenvalue weighted by atomic mass is 16.5. The summed E-state index contributed by atoms with van der Waals surface area (Å²) in [6.45, 7) is 0. The van der Waals surface area contributed by atoms with Crippen molar-refractivity contribution in [3.8, 4) is 11.5 Å². The molecule has 130 valence electrons. The van der Waals surface area contributed by atoms with Crippen molar-refractivity contribution in [2.45, 2.75) is 0 Å². The second-order valence-corrected chi connectivity index (χ2v) is 4.84. The molecule has 0 aliphatic heterocycles. The van der Waals surface area contributed by atoms with Gasteiger partial charge in [-0.15, -0.1) is 0 Å². The lowest BCUT2D eigenvalue weighted by Gasteiger charge is -2.11. The number of nitrogens with zero attached hydrogens (tertiary/aromatic N) is 1. The van der Waals surface area contributed by atoms with Gasteiger partial charge in [0.2, 0.25) is 0 Å². The highest BCUT2D eigenvalue weighted by molar-refractivity contribution is 6.05. The number of benzene rings is 1. The van der Waals surface area contributed by atoms with Gasteiger partial charge in [-0.2, -0.15) is 0 Å². The molecule has 2 rings (SSSR count). The maximum absolute atomic E-state index is 12.4. The van der Waals surface area contributed by atoms with Crippen molar-refractivity contribution in [3.05, 3.63) is 59.5 Å². The third-order valence-corrected chi connectivity index (χ3v) is 3.27. The van der Waals surface area contributed by atoms with Gasteiger partial charge in [-0.25, -0.2) is 5.84 Å². The lowest BCUT2D eigenvalue weighted by atomic mass is 10.1. The molecule has 0 bridgehead atoms. The number of nitrogens with one attached hydrogen (secondary N) is 2. The third kappa shape index (κ3) is 4.55. The van der Waals surface area contributed by atoms with E-state index in [1.165, 1.54) is 26.4 Å². The topological polar surface area (TPSA) is 116 Å². The van der Waals surface area contributed by atoms with E-state index in [2.05, 4.69) is 10.3 Å². The third-order valence-electron chi connectivity index (χ3n) is 3.27. The molecule has 0 aliphatic rings. The minimum absolute atomic E-state index is 0.0183. The Hall–Kier alpha value is -3.39. The van der Waals surface area contributed by atoms with Crippen molar-refractivity contribution in [3.63, 3.8) is 0 Å². The van der Waals surface area contributed by atoms with Crippen LogP contribution in [0.1, 0.15) is 15.9 Å². The summed E-state index contributed by atoms with van der Waals surface area (Å²) in [5.41, 5.74) is 2.90. The molecule has 0 spiro atoms. The molecular formula is C17H18N4O4. The van der Waals surface area contributed by atoms with E-state index >= 15 is 0 Å². The summed E-state index contributed by atoms with van der Waals surface area (Å²) in [6, 6.07) is 8.11. The van der Waals surface area contributed by atoms with E-state index < -0.39 is 11.8 Å². The molecule has 0 atom stereocenters. The van der Waals surface area contributed by atoms with Gasteiger partial charge >= 0.3 is 0 Å². The second kappa shape index (κ2) is 8.46. The Morgan fingerprint density at radius 1 is 1.16 bits per heavy atom. The fourth-order valence-electron chi connectivity index (χ4n) is 2.04. The summed E-state index contributed by atoms with van der Waals surface area (Å²) in [5.74, 6) is 4.93. The fraction of sp³-hybridized carbons (Fsp3) is 0.118. The van der Waals surface area contributed by atoms with E-state index in [1.807, 2.05) is 5.43 Å². The lowest BCUT2D eigenvalue weighted by Crippen LogP contribution is -2.38. The Kier molecular flexibility index (Phi) is 6.08. The van der Waals surface area contributed by atoms with Crippen LogP contribution in [0.15, 0.2) is 48.4 Å². The first-order valence-electron chi connectivity index (χ1n) is 7.25. The van der Waals surface area contributed by atoms with Crippen LogP contribution in [0.25, 0.3) is 6.08 Å². The number of rotatable bonds is 6. The van der Waals surface area contributed by atoms with Gasteiger partial charge in [0.05, 0.1) is 14.2 Å². The van der Waals surface area contributed by atoms with Crippen molar-refractivity contribution in [1.29, 1.82) is 0 Å². The summed E-state index contributed by atoms with van der Waals surface area (Å²) in [4.78, 5) is 28.3. The van der Waals surface area contributed by atoms with Gasteiger partial charge in [-0.3, -0.25) is 20.0 Å². The van der Waals surface area contributed by atoms with Crippen LogP contribution in [0, 0.1) is 0 Å². The maximum atomic E-state index is 12.4. The van der Waals surface area contributed by atoms with E-state index in [1.54, 1.807) is 36.7 Å². The van der Waals surface area contributed by atoms with Crippen molar-refractivity contribution < 1.29 is 19.1 Å². The molecule has 0 fully saturated rings. The number of ether oxygens (including phenoxy) is 2. The number of methoxy groups -OCH3 is 2. The summed E-state index contributed by atoms with van der Waals surface area (Å²) < 4.78 is 10.3. The zero-order valence-corrected chi connectivity index (χ0v) is 13.8. The van der Waals surface area contributed by atoms with Gasteiger partial charge in [0, 0.05) is 18.0 Å². The van der Waals surface area contributed by atoms with E-state index in [-0.39, 0.29) is 5.70 Å². The average molecular weight is 342 g/mol. The molecule has 0 unspecified atom stereocenters. The Labute approximate surface area is 144 Å². The number of hydrogen-bond donors (Lipinski definition) is 3. The Bertz CT molecular complexity index is 790. The normalized spacial score (nSPS) is 10.8. The molecule has 0 radical (unpaired) electrons. The predicted octanol–water partition coefficient (Wildman–Crippen LogP) is 0.860. The van der Waals surface area contributed by atoms with Crippen LogP contribution in [0.3, 0.4) is 0 Å². The highest BCUT2D eigenvalue weighted by Crippen LogP contribution is 2.27. The number of hydrazine groups is 1. The Morgan fingerprint density at radius 2 is 1.92 bits per heavy atom. The first-order chi connectivity index (χ1) is 12.1. The van der Waals surface area contributed by atoms with Crippen molar-refractivity contribution in [2.75, 3.05) is 14.2 Å². The maximum Gasteiger partial charge on any atom is 0.281 e. The van der Waals surface area contributed by atoms with Gasteiger partial charge in [-0.05, 0) is 35.9 Å². The molecule has 1 aromatic carbocycles. The van der Waals surface area contributed by atoms with Crippen LogP contribution in [0.2, 0.25) is 0 Å². The van der Waals surface area contributed by atoms with Gasteiger partial charge in [0.1, 0.15) is 5.70 Å². The van der Waals surface area contributed by atoms with Crippen molar-refractivity contribution in [1.82, 2.24) is 15.7 Å². The quantitative estimate of drug-likeness (QED) is 0.310. The van der Waals surface area contributed by atoms with E-state index in [9.17, 15) is 9.59 Å². The summed E-state index contributed by atoms with van der Waals surface area (Å²) in [6.07, 6.45) is 4.61. The summed E-state index contributed by atoms with van der Waals surface area (Å²) >= 11 is 0. The van der Waals surface area contributed by atoms with Crippen LogP contribution in [0.4, 0.5) is 0 Å². The second-order valence-electron chi connectivity index (χ2n) is 4.84. The van der Waals surface area contributed by atoms with Crippen LogP contribution < -0.4 is 26.1 Å². The number of hydrogen-bond acceptors (Lipinski definition) is 6. The number of carbonyl (C=O) groups is 2. The molecule has 25 heavy (non-hydrogen) atoms. The molecule has 8 heteroatoms. The number of amides is 2. The molecule has 2 aromatic rings. The molecular weight excluding hydrogens is 324 g/mol. The van der Waals surface area contributed by atoms with Crippen molar-refractivity contribution in [2.24, 2.45) is 5.84 Å². The monoisotopic (exact) mass is 342 g/mol. The molecule has 4 N–H and O–H groups in total. The van der Waals surface area contributed by atoms with E-state index in [0.717, 1.165) is 0 Å². The Balaban J connectivity index is 2.28. The largest absolute Gasteiger partial charge is 0.493 e. The lowest BCUT2D eigenvalue weighted by molar-refractivity contribution is -0.117. The van der Waals surface area contributed by atoms with E-state index in [0.29, 0.717) is 22.6 Å². The first kappa shape index (κ1) is 18.0. The predicted molar refractivity (Wildman–Crippen MR) is 91.6 cm³/mol. The standard InChI is InChI=1S/C17H18N4O4/c1-24-14-6-5-12(9-15(14)25-2)16(22)20-13(17(23)21-18)8-11-4-3-7-19-10-11/h3-10H,18H2,1-2H3,(H,20,22)(H,21,23). The zero-order valence-electron chi connectivity index (χ0n) is 13.8. The van der Waals surface area contributed by atoms with Gasteiger partial charge in [0.25, 0.3) is 11.8 Å². The van der Waals surface area contributed by atoms with Gasteiger partial charge in [-0.1, -0.05) is 6.07 Å². The average Bonchev–Trinajstić information content (AvgIpc) is 2.66. The number of pyridine rings is 1. The highest BCUT2D eigenvalue weighted by Gasteiger charge is 2.15. The van der Waals surface area contributed by atoms with Crippen molar-refractivity contribution >= 4 is 17.9 Å². The molecule has 8 nitrogen and oxygen atoms in total. The molecule has 2 amide bonds. The minimum atomic E-state index is -0.641. The number of carbonyl (C=O) groups excluding carboxylic acids is 2. The van der Waals surface area contributed by atoms with Crippen LogP contribution >= 0.6 is 0 Å². The summed E-state index contributed by atoms with van der Waals surface area (Å²) in [5, 5.41) is 2.53. The Morgan fingerprint density at radius 3 is 2.52 bits per heavy atom. The smallest absolute Gasteiger partial charge is 0.281 e. The molecule has 1 aromatic heterocycles. The van der Waals surface area contributed by atoms with Gasteiger partial charge < -0.3 is 14.8 Å². The molecule has 0 aliphatic carbocycles. The summed E-state index contributed by atoms with van der Waals surface area (Å²) in [7, 11) is 2.97. The van der Waals surface area contributed by atoms with Crippen LogP contribution in [-0.4, -0.2) is 31.0 Å². The minimum Gasteiger partial charge on any atom is -0.493 e. The molecule has 0 saturated heterocycles. The fourth-order valence-corrected chi connectivity index (χ4v) is 2.04. The molecule has 0 saturated carbocycles. The van der Waals surface area contributed by atoms with Crippen LogP contribution in [-0.2, 0) is 4.79 Å². The first-order valence-corrected chi connectivity index (χ1v) is 7.25. The number of aromatic nitrogens is 1.